The number of anilines is 1. The molecule has 0 saturated heterocycles. The van der Waals surface area contributed by atoms with E-state index in [9.17, 15) is 9.59 Å². The molecular formula is C14H17BrN2O2. The molecule has 2 rings (SSSR count). The van der Waals surface area contributed by atoms with Crippen LogP contribution < -0.4 is 5.32 Å². The predicted octanol–water partition coefficient (Wildman–Crippen LogP) is 2.50. The first-order valence-electron chi connectivity index (χ1n) is 6.28. The molecular weight excluding hydrogens is 308 g/mol. The van der Waals surface area contributed by atoms with Gasteiger partial charge < -0.3 is 10.2 Å². The molecule has 102 valence electrons. The zero-order chi connectivity index (χ0) is 14.0. The molecule has 0 bridgehead atoms. The molecule has 5 heteroatoms. The first kappa shape index (κ1) is 14.1. The van der Waals surface area contributed by atoms with E-state index >= 15 is 0 Å². The molecule has 0 spiro atoms. The summed E-state index contributed by atoms with van der Waals surface area (Å²) in [4.78, 5) is 25.3. The third-order valence-electron chi connectivity index (χ3n) is 3.33. The number of halogens is 1. The summed E-state index contributed by atoms with van der Waals surface area (Å²) >= 11 is 3.37. The van der Waals surface area contributed by atoms with E-state index in [4.69, 9.17) is 0 Å². The average molecular weight is 325 g/mol. The Hall–Kier alpha value is -1.36. The topological polar surface area (TPSA) is 49.4 Å². The van der Waals surface area contributed by atoms with Crippen LogP contribution in [0, 0.1) is 11.8 Å². The third kappa shape index (κ3) is 3.56. The van der Waals surface area contributed by atoms with E-state index in [0.717, 1.165) is 10.9 Å². The molecule has 1 N–H and O–H groups in total. The Bertz CT molecular complexity index is 504. The number of nitrogens with zero attached hydrogens (tertiary/aromatic N) is 1. The molecule has 1 aliphatic rings. The van der Waals surface area contributed by atoms with Crippen LogP contribution in [-0.4, -0.2) is 30.3 Å². The summed E-state index contributed by atoms with van der Waals surface area (Å²) in [5.41, 5.74) is 0.716. The van der Waals surface area contributed by atoms with Crippen molar-refractivity contribution in [3.63, 3.8) is 0 Å². The number of hydrogen-bond donors (Lipinski definition) is 1. The first-order valence-corrected chi connectivity index (χ1v) is 7.07. The molecule has 19 heavy (non-hydrogen) atoms. The molecule has 2 atom stereocenters. The fourth-order valence-corrected chi connectivity index (χ4v) is 2.38. The minimum absolute atomic E-state index is 0.0646. The van der Waals surface area contributed by atoms with Crippen LogP contribution in [0.3, 0.4) is 0 Å². The van der Waals surface area contributed by atoms with Crippen molar-refractivity contribution in [1.82, 2.24) is 4.90 Å². The highest BCUT2D eigenvalue weighted by molar-refractivity contribution is 9.10. The Kier molecular flexibility index (Phi) is 4.24. The largest absolute Gasteiger partial charge is 0.336 e. The lowest BCUT2D eigenvalue weighted by atomic mass is 10.3. The summed E-state index contributed by atoms with van der Waals surface area (Å²) in [7, 11) is 1.67. The molecule has 0 heterocycles. The van der Waals surface area contributed by atoms with Crippen molar-refractivity contribution in [2.24, 2.45) is 11.8 Å². The summed E-state index contributed by atoms with van der Waals surface area (Å²) in [5.74, 6) is 0.452. The number of nitrogens with one attached hydrogen (secondary N) is 1. The smallest absolute Gasteiger partial charge is 0.244 e. The lowest BCUT2D eigenvalue weighted by molar-refractivity contribution is -0.134. The second kappa shape index (κ2) is 5.74. The molecule has 1 saturated carbocycles. The molecule has 0 radical (unpaired) electrons. The summed E-state index contributed by atoms with van der Waals surface area (Å²) < 4.78 is 0.827. The minimum Gasteiger partial charge on any atom is -0.336 e. The maximum absolute atomic E-state index is 11.9. The van der Waals surface area contributed by atoms with Gasteiger partial charge in [0.15, 0.2) is 0 Å². The molecule has 1 aromatic rings. The lowest BCUT2D eigenvalue weighted by Crippen LogP contribution is -2.36. The molecule has 0 unspecified atom stereocenters. The van der Waals surface area contributed by atoms with Crippen LogP contribution in [0.5, 0.6) is 0 Å². The molecule has 0 aliphatic heterocycles. The van der Waals surface area contributed by atoms with Crippen molar-refractivity contribution in [2.75, 3.05) is 18.9 Å². The summed E-state index contributed by atoms with van der Waals surface area (Å²) in [6.07, 6.45) is 0.940. The van der Waals surface area contributed by atoms with Crippen molar-refractivity contribution in [2.45, 2.75) is 13.3 Å². The van der Waals surface area contributed by atoms with Crippen LogP contribution >= 0.6 is 15.9 Å². The van der Waals surface area contributed by atoms with Gasteiger partial charge in [0.05, 0.1) is 12.2 Å². The monoisotopic (exact) mass is 324 g/mol. The Labute approximate surface area is 121 Å². The number of hydrogen-bond acceptors (Lipinski definition) is 2. The number of carbonyl (C=O) groups excluding carboxylic acids is 2. The van der Waals surface area contributed by atoms with E-state index in [2.05, 4.69) is 28.2 Å². The maximum atomic E-state index is 11.9. The Morgan fingerprint density at radius 1 is 1.42 bits per heavy atom. The fourth-order valence-electron chi connectivity index (χ4n) is 1.99. The van der Waals surface area contributed by atoms with Crippen molar-refractivity contribution in [3.05, 3.63) is 28.7 Å². The highest BCUT2D eigenvalue weighted by Gasteiger charge is 2.40. The van der Waals surface area contributed by atoms with Crippen LogP contribution in [0.2, 0.25) is 0 Å². The number of amides is 2. The molecule has 4 nitrogen and oxygen atoms in total. The molecule has 2 amide bonds. The van der Waals surface area contributed by atoms with Crippen LogP contribution in [0.25, 0.3) is 0 Å². The van der Waals surface area contributed by atoms with Crippen LogP contribution in [0.4, 0.5) is 5.69 Å². The van der Waals surface area contributed by atoms with E-state index in [1.807, 2.05) is 24.3 Å². The van der Waals surface area contributed by atoms with Gasteiger partial charge in [-0.3, -0.25) is 9.59 Å². The third-order valence-corrected chi connectivity index (χ3v) is 4.02. The summed E-state index contributed by atoms with van der Waals surface area (Å²) in [5, 5.41) is 2.79. The Morgan fingerprint density at radius 3 is 2.63 bits per heavy atom. The van der Waals surface area contributed by atoms with Crippen LogP contribution in [0.15, 0.2) is 28.7 Å². The zero-order valence-corrected chi connectivity index (χ0v) is 12.6. The zero-order valence-electron chi connectivity index (χ0n) is 11.0. The minimum atomic E-state index is -0.184. The quantitative estimate of drug-likeness (QED) is 0.925. The van der Waals surface area contributed by atoms with E-state index in [0.29, 0.717) is 11.6 Å². The molecule has 0 aromatic heterocycles. The van der Waals surface area contributed by atoms with Crippen molar-refractivity contribution >= 4 is 33.4 Å². The maximum Gasteiger partial charge on any atom is 0.244 e. The molecule has 1 aliphatic carbocycles. The molecule has 1 aromatic carbocycles. The summed E-state index contributed by atoms with van der Waals surface area (Å²) in [6.45, 7) is 2.14. The van der Waals surface area contributed by atoms with Gasteiger partial charge in [-0.05, 0) is 40.4 Å². The number of benzene rings is 1. The van der Waals surface area contributed by atoms with Gasteiger partial charge in [0.2, 0.25) is 11.8 Å². The SMILES string of the molecule is C[C@H]1C[C@@H]1C(=O)N(C)CC(=O)Nc1ccccc1Br. The second-order valence-electron chi connectivity index (χ2n) is 5.04. The fraction of sp³-hybridized carbons (Fsp3) is 0.429. The van der Waals surface area contributed by atoms with Gasteiger partial charge in [0, 0.05) is 17.4 Å². The number of rotatable bonds is 4. The average Bonchev–Trinajstić information content (AvgIpc) is 3.08. The van der Waals surface area contributed by atoms with Gasteiger partial charge in [-0.25, -0.2) is 0 Å². The van der Waals surface area contributed by atoms with Crippen LogP contribution in [0.1, 0.15) is 13.3 Å². The highest BCUT2D eigenvalue weighted by Crippen LogP contribution is 2.38. The Balaban J connectivity index is 1.87. The standard InChI is InChI=1S/C14H17BrN2O2/c1-9-7-10(9)14(19)17(2)8-13(18)16-12-6-4-3-5-11(12)15/h3-6,9-10H,7-8H2,1-2H3,(H,16,18)/t9-,10-/m0/s1. The lowest BCUT2D eigenvalue weighted by Gasteiger charge is -2.17. The normalized spacial score (nSPS) is 20.8. The predicted molar refractivity (Wildman–Crippen MR) is 77.7 cm³/mol. The van der Waals surface area contributed by atoms with Crippen LogP contribution in [-0.2, 0) is 9.59 Å². The van der Waals surface area contributed by atoms with Gasteiger partial charge >= 0.3 is 0 Å². The van der Waals surface area contributed by atoms with Gasteiger partial charge in [-0.15, -0.1) is 0 Å². The van der Waals surface area contributed by atoms with E-state index in [-0.39, 0.29) is 24.3 Å². The van der Waals surface area contributed by atoms with Gasteiger partial charge in [-0.1, -0.05) is 19.1 Å². The highest BCUT2D eigenvalue weighted by atomic mass is 79.9. The van der Waals surface area contributed by atoms with Crippen molar-refractivity contribution in [3.8, 4) is 0 Å². The number of carbonyl (C=O) groups is 2. The number of para-hydroxylation sites is 1. The summed E-state index contributed by atoms with van der Waals surface area (Å²) in [6, 6.07) is 7.40. The van der Waals surface area contributed by atoms with Gasteiger partial charge in [-0.2, -0.15) is 0 Å². The first-order chi connectivity index (χ1) is 8.99. The van der Waals surface area contributed by atoms with Gasteiger partial charge in [0.25, 0.3) is 0 Å². The molecule has 1 fully saturated rings. The Morgan fingerprint density at radius 2 is 2.05 bits per heavy atom. The van der Waals surface area contributed by atoms with Crippen molar-refractivity contribution in [1.29, 1.82) is 0 Å². The van der Waals surface area contributed by atoms with Gasteiger partial charge in [0.1, 0.15) is 0 Å². The van der Waals surface area contributed by atoms with E-state index < -0.39 is 0 Å². The van der Waals surface area contributed by atoms with E-state index in [1.165, 1.54) is 4.90 Å². The van der Waals surface area contributed by atoms with Crippen molar-refractivity contribution < 1.29 is 9.59 Å². The second-order valence-corrected chi connectivity index (χ2v) is 5.90. The number of likely N-dealkylation sites (N-methyl/N-ethyl adjacent to an activating group) is 1. The van der Waals surface area contributed by atoms with E-state index in [1.54, 1.807) is 7.05 Å².